The van der Waals surface area contributed by atoms with Crippen molar-refractivity contribution in [1.82, 2.24) is 14.7 Å². The van der Waals surface area contributed by atoms with Crippen molar-refractivity contribution >= 4 is 5.91 Å². The van der Waals surface area contributed by atoms with Gasteiger partial charge in [0.05, 0.1) is 0 Å². The summed E-state index contributed by atoms with van der Waals surface area (Å²) >= 11 is 0. The summed E-state index contributed by atoms with van der Waals surface area (Å²) in [6.07, 6.45) is 7.11. The van der Waals surface area contributed by atoms with Crippen LogP contribution in [0.4, 0.5) is 0 Å². The Morgan fingerprint density at radius 1 is 1.00 bits per heavy atom. The minimum atomic E-state index is 0.367. The van der Waals surface area contributed by atoms with E-state index in [9.17, 15) is 4.79 Å². The Balaban J connectivity index is 1.37. The van der Waals surface area contributed by atoms with Gasteiger partial charge in [0.15, 0.2) is 0 Å². The van der Waals surface area contributed by atoms with Gasteiger partial charge in [-0.1, -0.05) is 24.3 Å². The fraction of sp³-hybridized carbons (Fsp3) is 0.682. The van der Waals surface area contributed by atoms with E-state index in [0.29, 0.717) is 23.9 Å². The normalized spacial score (nSPS) is 25.2. The molecule has 1 atom stereocenters. The molecule has 0 aromatic heterocycles. The average Bonchev–Trinajstić information content (AvgIpc) is 3.38. The van der Waals surface area contributed by atoms with Crippen molar-refractivity contribution < 1.29 is 4.79 Å². The first kappa shape index (κ1) is 18.0. The summed E-state index contributed by atoms with van der Waals surface area (Å²) < 4.78 is 0. The third-order valence-electron chi connectivity index (χ3n) is 6.33. The molecule has 4 nitrogen and oxygen atoms in total. The largest absolute Gasteiger partial charge is 0.342 e. The van der Waals surface area contributed by atoms with E-state index >= 15 is 0 Å². The Morgan fingerprint density at radius 3 is 2.31 bits per heavy atom. The van der Waals surface area contributed by atoms with Crippen molar-refractivity contribution in [2.75, 3.05) is 33.7 Å². The molecule has 3 fully saturated rings. The first-order chi connectivity index (χ1) is 12.6. The second-order valence-corrected chi connectivity index (χ2v) is 8.71. The smallest absolute Gasteiger partial charge is 0.225 e. The monoisotopic (exact) mass is 355 g/mol. The Labute approximate surface area is 158 Å². The minimum absolute atomic E-state index is 0.367. The summed E-state index contributed by atoms with van der Waals surface area (Å²) in [5.41, 5.74) is 2.86. The van der Waals surface area contributed by atoms with Gasteiger partial charge in [-0.05, 0) is 70.3 Å². The zero-order valence-corrected chi connectivity index (χ0v) is 16.4. The van der Waals surface area contributed by atoms with Gasteiger partial charge in [0, 0.05) is 37.6 Å². The van der Waals surface area contributed by atoms with E-state index in [4.69, 9.17) is 0 Å². The number of hydrogen-bond acceptors (Lipinski definition) is 3. The molecule has 0 bridgehead atoms. The highest BCUT2D eigenvalue weighted by Crippen LogP contribution is 2.37. The number of piperidine rings is 1. The molecule has 3 aliphatic rings. The lowest BCUT2D eigenvalue weighted by molar-refractivity contribution is -0.134. The Kier molecular flexibility index (Phi) is 5.32. The number of carbonyl (C=O) groups excluding carboxylic acids is 1. The fourth-order valence-electron chi connectivity index (χ4n) is 4.80. The summed E-state index contributed by atoms with van der Waals surface area (Å²) in [6, 6.07) is 10.5. The molecule has 26 heavy (non-hydrogen) atoms. The number of hydrogen-bond donors (Lipinski definition) is 0. The average molecular weight is 356 g/mol. The molecule has 2 heterocycles. The van der Waals surface area contributed by atoms with Crippen molar-refractivity contribution in [2.45, 2.75) is 57.2 Å². The van der Waals surface area contributed by atoms with E-state index < -0.39 is 0 Å². The van der Waals surface area contributed by atoms with E-state index in [0.717, 1.165) is 45.3 Å². The standard InChI is InChI=1S/C22H33N3O/c1-23(2)16-17-5-7-18(8-6-17)21-4-3-13-25(21)20-11-14-24(15-12-20)22(26)19-9-10-19/h5-8,19-21H,3-4,9-16H2,1-2H3. The van der Waals surface area contributed by atoms with Gasteiger partial charge >= 0.3 is 0 Å². The molecule has 1 saturated carbocycles. The number of rotatable bonds is 5. The van der Waals surface area contributed by atoms with Crippen molar-refractivity contribution in [3.05, 3.63) is 35.4 Å². The van der Waals surface area contributed by atoms with Gasteiger partial charge in [-0.15, -0.1) is 0 Å². The van der Waals surface area contributed by atoms with Crippen LogP contribution < -0.4 is 0 Å². The zero-order valence-electron chi connectivity index (χ0n) is 16.4. The Hall–Kier alpha value is -1.39. The van der Waals surface area contributed by atoms with E-state index in [1.165, 1.54) is 30.5 Å². The quantitative estimate of drug-likeness (QED) is 0.811. The van der Waals surface area contributed by atoms with Gasteiger partial charge in [0.25, 0.3) is 0 Å². The second-order valence-electron chi connectivity index (χ2n) is 8.71. The van der Waals surface area contributed by atoms with Crippen LogP contribution in [0, 0.1) is 5.92 Å². The van der Waals surface area contributed by atoms with Gasteiger partial charge in [0.1, 0.15) is 0 Å². The lowest BCUT2D eigenvalue weighted by Crippen LogP contribution is -2.46. The Bertz CT molecular complexity index is 615. The molecular formula is C22H33N3O. The molecule has 1 aromatic rings. The van der Waals surface area contributed by atoms with Crippen LogP contribution in [0.5, 0.6) is 0 Å². The summed E-state index contributed by atoms with van der Waals surface area (Å²) in [6.45, 7) is 4.14. The van der Waals surface area contributed by atoms with Crippen LogP contribution in [0.3, 0.4) is 0 Å². The van der Waals surface area contributed by atoms with Crippen LogP contribution in [-0.4, -0.2) is 60.4 Å². The molecule has 4 rings (SSSR count). The third kappa shape index (κ3) is 3.96. The molecule has 0 spiro atoms. The molecule has 142 valence electrons. The van der Waals surface area contributed by atoms with Gasteiger partial charge in [-0.25, -0.2) is 0 Å². The molecule has 2 aliphatic heterocycles. The molecule has 1 unspecified atom stereocenters. The summed E-state index contributed by atoms with van der Waals surface area (Å²) in [5, 5.41) is 0. The first-order valence-corrected chi connectivity index (χ1v) is 10.4. The summed E-state index contributed by atoms with van der Waals surface area (Å²) in [4.78, 5) is 19.4. The van der Waals surface area contributed by atoms with E-state index in [1.807, 2.05) is 0 Å². The maximum atomic E-state index is 12.3. The van der Waals surface area contributed by atoms with Crippen LogP contribution in [0.15, 0.2) is 24.3 Å². The number of benzene rings is 1. The van der Waals surface area contributed by atoms with E-state index in [2.05, 4.69) is 53.1 Å². The molecule has 2 saturated heterocycles. The third-order valence-corrected chi connectivity index (χ3v) is 6.33. The van der Waals surface area contributed by atoms with Crippen molar-refractivity contribution in [1.29, 1.82) is 0 Å². The van der Waals surface area contributed by atoms with Gasteiger partial charge in [0.2, 0.25) is 5.91 Å². The minimum Gasteiger partial charge on any atom is -0.342 e. The zero-order chi connectivity index (χ0) is 18.1. The van der Waals surface area contributed by atoms with Crippen LogP contribution in [-0.2, 0) is 11.3 Å². The highest BCUT2D eigenvalue weighted by atomic mass is 16.2. The van der Waals surface area contributed by atoms with Crippen molar-refractivity contribution in [3.8, 4) is 0 Å². The van der Waals surface area contributed by atoms with Crippen molar-refractivity contribution in [3.63, 3.8) is 0 Å². The van der Waals surface area contributed by atoms with Crippen LogP contribution in [0.25, 0.3) is 0 Å². The van der Waals surface area contributed by atoms with E-state index in [1.54, 1.807) is 0 Å². The molecule has 1 aromatic carbocycles. The van der Waals surface area contributed by atoms with Gasteiger partial charge in [-0.2, -0.15) is 0 Å². The predicted octanol–water partition coefficient (Wildman–Crippen LogP) is 3.29. The summed E-state index contributed by atoms with van der Waals surface area (Å²) in [7, 11) is 4.24. The van der Waals surface area contributed by atoms with Crippen molar-refractivity contribution in [2.24, 2.45) is 5.92 Å². The number of carbonyl (C=O) groups is 1. The number of likely N-dealkylation sites (tertiary alicyclic amines) is 2. The fourth-order valence-corrected chi connectivity index (χ4v) is 4.80. The maximum Gasteiger partial charge on any atom is 0.225 e. The predicted molar refractivity (Wildman–Crippen MR) is 105 cm³/mol. The molecule has 1 aliphatic carbocycles. The summed E-state index contributed by atoms with van der Waals surface area (Å²) in [5.74, 6) is 0.796. The van der Waals surface area contributed by atoms with Crippen LogP contribution in [0.1, 0.15) is 55.7 Å². The molecule has 1 amide bonds. The lowest BCUT2D eigenvalue weighted by Gasteiger charge is -2.39. The van der Waals surface area contributed by atoms with Crippen LogP contribution >= 0.6 is 0 Å². The molecular weight excluding hydrogens is 322 g/mol. The van der Waals surface area contributed by atoms with E-state index in [-0.39, 0.29) is 0 Å². The number of amides is 1. The van der Waals surface area contributed by atoms with Gasteiger partial charge < -0.3 is 9.80 Å². The molecule has 0 radical (unpaired) electrons. The first-order valence-electron chi connectivity index (χ1n) is 10.4. The SMILES string of the molecule is CN(C)Cc1ccc(C2CCCN2C2CCN(C(=O)C3CC3)CC2)cc1. The van der Waals surface area contributed by atoms with Gasteiger partial charge in [-0.3, -0.25) is 9.69 Å². The topological polar surface area (TPSA) is 26.8 Å². The molecule has 0 N–H and O–H groups in total. The highest BCUT2D eigenvalue weighted by molar-refractivity contribution is 5.81. The molecule has 4 heteroatoms. The number of nitrogens with zero attached hydrogens (tertiary/aromatic N) is 3. The highest BCUT2D eigenvalue weighted by Gasteiger charge is 2.38. The lowest BCUT2D eigenvalue weighted by atomic mass is 9.98. The maximum absolute atomic E-state index is 12.3. The second kappa shape index (κ2) is 7.69. The van der Waals surface area contributed by atoms with Crippen LogP contribution in [0.2, 0.25) is 0 Å². The Morgan fingerprint density at radius 2 is 1.69 bits per heavy atom.